The highest BCUT2D eigenvalue weighted by Crippen LogP contribution is 2.36. The lowest BCUT2D eigenvalue weighted by Gasteiger charge is -2.05. The SMILES string of the molecule is COc1ccc(S(=O)(=O)Cl)c(I)c1[N+](=O)[O-]. The summed E-state index contributed by atoms with van der Waals surface area (Å²) in [6.45, 7) is 0. The number of nitro benzene ring substituents is 1. The van der Waals surface area contributed by atoms with Crippen molar-refractivity contribution in [2.24, 2.45) is 0 Å². The molecule has 0 aliphatic heterocycles. The van der Waals surface area contributed by atoms with Crippen LogP contribution in [0.1, 0.15) is 0 Å². The van der Waals surface area contributed by atoms with Gasteiger partial charge >= 0.3 is 5.69 Å². The molecule has 0 heterocycles. The molecule has 0 aliphatic rings. The molecule has 0 bridgehead atoms. The van der Waals surface area contributed by atoms with Crippen molar-refractivity contribution in [2.45, 2.75) is 4.90 Å². The van der Waals surface area contributed by atoms with Gasteiger partial charge in [-0.2, -0.15) is 0 Å². The van der Waals surface area contributed by atoms with Crippen LogP contribution in [-0.4, -0.2) is 20.5 Å². The number of benzene rings is 1. The average molecular weight is 378 g/mol. The van der Waals surface area contributed by atoms with E-state index < -0.39 is 19.7 Å². The highest BCUT2D eigenvalue weighted by atomic mass is 127. The Balaban J connectivity index is 3.63. The van der Waals surface area contributed by atoms with Crippen LogP contribution in [0.25, 0.3) is 0 Å². The van der Waals surface area contributed by atoms with Gasteiger partial charge in [0.25, 0.3) is 9.05 Å². The minimum absolute atomic E-state index is 0.0153. The minimum Gasteiger partial charge on any atom is -0.490 e. The monoisotopic (exact) mass is 377 g/mol. The second-order valence-corrected chi connectivity index (χ2v) is 6.24. The molecule has 0 aromatic heterocycles. The maximum absolute atomic E-state index is 11.1. The number of hydrogen-bond acceptors (Lipinski definition) is 5. The Hall–Kier alpha value is -0.610. The third kappa shape index (κ3) is 2.55. The van der Waals surface area contributed by atoms with Gasteiger partial charge in [-0.25, -0.2) is 8.42 Å². The topological polar surface area (TPSA) is 86.5 Å². The number of nitrogens with zero attached hydrogens (tertiary/aromatic N) is 1. The van der Waals surface area contributed by atoms with E-state index in [0.717, 1.165) is 6.07 Å². The van der Waals surface area contributed by atoms with Crippen molar-refractivity contribution in [3.8, 4) is 5.75 Å². The summed E-state index contributed by atoms with van der Waals surface area (Å²) in [7, 11) is 2.39. The van der Waals surface area contributed by atoms with E-state index in [1.165, 1.54) is 13.2 Å². The number of halogens is 2. The van der Waals surface area contributed by atoms with Gasteiger partial charge in [0.2, 0.25) is 0 Å². The summed E-state index contributed by atoms with van der Waals surface area (Å²) in [5.74, 6) is -0.0153. The molecule has 88 valence electrons. The summed E-state index contributed by atoms with van der Waals surface area (Å²) in [4.78, 5) is 9.74. The van der Waals surface area contributed by atoms with Crippen LogP contribution in [0.3, 0.4) is 0 Å². The second-order valence-electron chi connectivity index (χ2n) is 2.62. The number of ether oxygens (including phenoxy) is 1. The van der Waals surface area contributed by atoms with E-state index in [9.17, 15) is 18.5 Å². The molecule has 1 aromatic rings. The van der Waals surface area contributed by atoms with Gasteiger partial charge in [0, 0.05) is 10.7 Å². The summed E-state index contributed by atoms with van der Waals surface area (Å²) in [5.41, 5.74) is -0.412. The Bertz CT molecular complexity index is 544. The molecule has 1 rings (SSSR count). The van der Waals surface area contributed by atoms with Crippen LogP contribution in [0, 0.1) is 13.7 Å². The highest BCUT2D eigenvalue weighted by Gasteiger charge is 2.27. The van der Waals surface area contributed by atoms with Crippen molar-refractivity contribution in [1.82, 2.24) is 0 Å². The lowest BCUT2D eigenvalue weighted by molar-refractivity contribution is -0.387. The van der Waals surface area contributed by atoms with Crippen molar-refractivity contribution in [3.05, 3.63) is 25.8 Å². The van der Waals surface area contributed by atoms with E-state index in [1.54, 1.807) is 22.6 Å². The van der Waals surface area contributed by atoms with E-state index in [0.29, 0.717) is 0 Å². The zero-order valence-electron chi connectivity index (χ0n) is 7.81. The Morgan fingerprint density at radius 2 is 2.06 bits per heavy atom. The van der Waals surface area contributed by atoms with E-state index in [-0.39, 0.29) is 14.2 Å². The van der Waals surface area contributed by atoms with Crippen LogP contribution in [0.5, 0.6) is 5.75 Å². The largest absolute Gasteiger partial charge is 0.490 e. The molecular weight excluding hydrogens is 373 g/mol. The van der Waals surface area contributed by atoms with Gasteiger partial charge in [0.1, 0.15) is 8.47 Å². The Morgan fingerprint density at radius 1 is 1.50 bits per heavy atom. The van der Waals surface area contributed by atoms with Gasteiger partial charge in [0.05, 0.1) is 12.0 Å². The summed E-state index contributed by atoms with van der Waals surface area (Å²) >= 11 is 1.55. The van der Waals surface area contributed by atoms with Crippen LogP contribution in [0.2, 0.25) is 0 Å². The third-order valence-electron chi connectivity index (χ3n) is 1.71. The molecule has 0 saturated carbocycles. The van der Waals surface area contributed by atoms with Gasteiger partial charge in [-0.1, -0.05) is 0 Å². The maximum Gasteiger partial charge on any atom is 0.325 e. The van der Waals surface area contributed by atoms with Crippen LogP contribution in [0.15, 0.2) is 17.0 Å². The molecule has 0 spiro atoms. The first-order valence-electron chi connectivity index (χ1n) is 3.74. The molecule has 16 heavy (non-hydrogen) atoms. The molecule has 0 amide bonds. The van der Waals surface area contributed by atoms with Crippen molar-refractivity contribution in [1.29, 1.82) is 0 Å². The van der Waals surface area contributed by atoms with Crippen LogP contribution < -0.4 is 4.74 Å². The summed E-state index contributed by atoms with van der Waals surface area (Å²) in [6, 6.07) is 2.35. The Labute approximate surface area is 109 Å². The number of methoxy groups -OCH3 is 1. The molecule has 6 nitrogen and oxygen atoms in total. The third-order valence-corrected chi connectivity index (χ3v) is 4.53. The van der Waals surface area contributed by atoms with Crippen molar-refractivity contribution >= 4 is 48.0 Å². The molecule has 0 unspecified atom stereocenters. The van der Waals surface area contributed by atoms with Crippen molar-refractivity contribution in [2.75, 3.05) is 7.11 Å². The Morgan fingerprint density at radius 3 is 2.44 bits per heavy atom. The lowest BCUT2D eigenvalue weighted by Crippen LogP contribution is -2.02. The lowest BCUT2D eigenvalue weighted by atomic mass is 10.3. The van der Waals surface area contributed by atoms with Gasteiger partial charge in [-0.05, 0) is 34.7 Å². The average Bonchev–Trinajstić information content (AvgIpc) is 2.14. The zero-order chi connectivity index (χ0) is 12.5. The van der Waals surface area contributed by atoms with Crippen LogP contribution in [-0.2, 0) is 9.05 Å². The van der Waals surface area contributed by atoms with E-state index in [2.05, 4.69) is 0 Å². The molecule has 0 fully saturated rings. The summed E-state index contributed by atoms with van der Waals surface area (Å²) in [6.07, 6.45) is 0. The quantitative estimate of drug-likeness (QED) is 0.349. The van der Waals surface area contributed by atoms with E-state index >= 15 is 0 Å². The summed E-state index contributed by atoms with van der Waals surface area (Å²) < 4.78 is 26.9. The van der Waals surface area contributed by atoms with Gasteiger partial charge in [-0.3, -0.25) is 10.1 Å². The van der Waals surface area contributed by atoms with Crippen molar-refractivity contribution < 1.29 is 18.1 Å². The first kappa shape index (κ1) is 13.5. The molecular formula is C7H5ClINO5S. The van der Waals surface area contributed by atoms with E-state index in [4.69, 9.17) is 15.4 Å². The predicted molar refractivity (Wildman–Crippen MR) is 65.4 cm³/mol. The number of nitro groups is 1. The van der Waals surface area contributed by atoms with Crippen molar-refractivity contribution in [3.63, 3.8) is 0 Å². The fourth-order valence-electron chi connectivity index (χ4n) is 1.05. The maximum atomic E-state index is 11.1. The molecule has 9 heteroatoms. The van der Waals surface area contributed by atoms with Crippen LogP contribution in [0.4, 0.5) is 5.69 Å². The molecule has 0 N–H and O–H groups in total. The van der Waals surface area contributed by atoms with E-state index in [1.807, 2.05) is 0 Å². The first-order valence-corrected chi connectivity index (χ1v) is 7.13. The van der Waals surface area contributed by atoms with Gasteiger partial charge < -0.3 is 4.74 Å². The minimum atomic E-state index is -4.01. The van der Waals surface area contributed by atoms with Crippen LogP contribution >= 0.6 is 33.3 Å². The smallest absolute Gasteiger partial charge is 0.325 e. The normalized spacial score (nSPS) is 11.2. The number of rotatable bonds is 3. The molecule has 0 radical (unpaired) electrons. The molecule has 0 atom stereocenters. The van der Waals surface area contributed by atoms with Gasteiger partial charge in [-0.15, -0.1) is 0 Å². The Kier molecular flexibility index (Phi) is 3.97. The second kappa shape index (κ2) is 4.72. The molecule has 1 aromatic carbocycles. The predicted octanol–water partition coefficient (Wildman–Crippen LogP) is 2.14. The zero-order valence-corrected chi connectivity index (χ0v) is 11.5. The summed E-state index contributed by atoms with van der Waals surface area (Å²) in [5, 5.41) is 10.8. The highest BCUT2D eigenvalue weighted by molar-refractivity contribution is 14.1. The molecule has 0 aliphatic carbocycles. The molecule has 0 saturated heterocycles. The van der Waals surface area contributed by atoms with Gasteiger partial charge in [0.15, 0.2) is 5.75 Å². The first-order chi connectivity index (χ1) is 7.29. The standard InChI is InChI=1S/C7H5ClINO5S/c1-15-4-2-3-5(16(8,13)14)6(9)7(4)10(11)12/h2-3H,1H3. The number of hydrogen-bond donors (Lipinski definition) is 0. The fourth-order valence-corrected chi connectivity index (χ4v) is 3.88. The fraction of sp³-hybridized carbons (Fsp3) is 0.143.